The smallest absolute Gasteiger partial charge is 0.121 e. The molecular formula is C21H33N3O. The summed E-state index contributed by atoms with van der Waals surface area (Å²) in [4.78, 5) is 7.10. The molecule has 0 amide bonds. The topological polar surface area (TPSA) is 37.4 Å². The Morgan fingerprint density at radius 2 is 1.84 bits per heavy atom. The van der Waals surface area contributed by atoms with Crippen LogP contribution in [-0.4, -0.2) is 43.2 Å². The van der Waals surface area contributed by atoms with Gasteiger partial charge in [-0.15, -0.1) is 0 Å². The highest BCUT2D eigenvalue weighted by atomic mass is 16.5. The molecule has 1 N–H and O–H groups in total. The number of ether oxygens (including phenoxy) is 1. The second-order valence-corrected chi connectivity index (χ2v) is 7.58. The van der Waals surface area contributed by atoms with Crippen LogP contribution in [0.15, 0.2) is 30.5 Å². The fourth-order valence-corrected chi connectivity index (χ4v) is 3.23. The molecule has 0 aliphatic rings. The number of benzene rings is 1. The molecule has 1 heterocycles. The van der Waals surface area contributed by atoms with Crippen LogP contribution < -0.4 is 10.1 Å². The SMILES string of the molecule is COc1cc(NCCCN(CC(C)C)CC(C)C)c2ncccc2c1. The maximum Gasteiger partial charge on any atom is 0.121 e. The first-order chi connectivity index (χ1) is 12.0. The lowest BCUT2D eigenvalue weighted by molar-refractivity contribution is 0.219. The minimum Gasteiger partial charge on any atom is -0.497 e. The number of hydrogen-bond donors (Lipinski definition) is 1. The number of anilines is 1. The molecular weight excluding hydrogens is 310 g/mol. The van der Waals surface area contributed by atoms with Crippen LogP contribution in [0.3, 0.4) is 0 Å². The average Bonchev–Trinajstić information content (AvgIpc) is 2.57. The quantitative estimate of drug-likeness (QED) is 0.637. The molecule has 0 atom stereocenters. The van der Waals surface area contributed by atoms with Crippen molar-refractivity contribution in [3.8, 4) is 5.75 Å². The zero-order chi connectivity index (χ0) is 18.2. The fourth-order valence-electron chi connectivity index (χ4n) is 3.23. The van der Waals surface area contributed by atoms with Crippen molar-refractivity contribution < 1.29 is 4.74 Å². The predicted molar refractivity (Wildman–Crippen MR) is 108 cm³/mol. The molecule has 1 aromatic carbocycles. The van der Waals surface area contributed by atoms with Crippen LogP contribution in [0.2, 0.25) is 0 Å². The molecule has 4 nitrogen and oxygen atoms in total. The lowest BCUT2D eigenvalue weighted by Crippen LogP contribution is -2.33. The number of hydrogen-bond acceptors (Lipinski definition) is 4. The maximum absolute atomic E-state index is 5.42. The van der Waals surface area contributed by atoms with Crippen LogP contribution in [0.4, 0.5) is 5.69 Å². The highest BCUT2D eigenvalue weighted by molar-refractivity contribution is 5.91. The van der Waals surface area contributed by atoms with Crippen molar-refractivity contribution in [1.82, 2.24) is 9.88 Å². The number of pyridine rings is 1. The number of rotatable bonds is 10. The van der Waals surface area contributed by atoms with E-state index < -0.39 is 0 Å². The summed E-state index contributed by atoms with van der Waals surface area (Å²) in [5, 5.41) is 4.66. The molecule has 0 saturated carbocycles. The van der Waals surface area contributed by atoms with E-state index in [4.69, 9.17) is 4.74 Å². The molecule has 0 bridgehead atoms. The lowest BCUT2D eigenvalue weighted by atomic mass is 10.1. The van der Waals surface area contributed by atoms with Gasteiger partial charge in [0.25, 0.3) is 0 Å². The van der Waals surface area contributed by atoms with Gasteiger partial charge in [-0.1, -0.05) is 33.8 Å². The molecule has 138 valence electrons. The van der Waals surface area contributed by atoms with Gasteiger partial charge in [0.15, 0.2) is 0 Å². The zero-order valence-electron chi connectivity index (χ0n) is 16.4. The highest BCUT2D eigenvalue weighted by Crippen LogP contribution is 2.27. The average molecular weight is 344 g/mol. The van der Waals surface area contributed by atoms with Crippen molar-refractivity contribution in [2.45, 2.75) is 34.1 Å². The Hall–Kier alpha value is -1.81. The van der Waals surface area contributed by atoms with E-state index in [-0.39, 0.29) is 0 Å². The first-order valence-electron chi connectivity index (χ1n) is 9.38. The molecule has 25 heavy (non-hydrogen) atoms. The van der Waals surface area contributed by atoms with E-state index in [2.05, 4.69) is 49.0 Å². The Bertz CT molecular complexity index is 645. The summed E-state index contributed by atoms with van der Waals surface area (Å²) in [6, 6.07) is 8.10. The molecule has 0 aliphatic carbocycles. The van der Waals surface area contributed by atoms with Crippen molar-refractivity contribution in [2.75, 3.05) is 38.6 Å². The van der Waals surface area contributed by atoms with Crippen molar-refractivity contribution in [3.05, 3.63) is 30.5 Å². The molecule has 0 aliphatic heterocycles. The summed E-state index contributed by atoms with van der Waals surface area (Å²) in [6.07, 6.45) is 2.96. The molecule has 0 saturated heterocycles. The second-order valence-electron chi connectivity index (χ2n) is 7.58. The van der Waals surface area contributed by atoms with Gasteiger partial charge >= 0.3 is 0 Å². The van der Waals surface area contributed by atoms with Gasteiger partial charge in [0, 0.05) is 37.3 Å². The van der Waals surface area contributed by atoms with Crippen LogP contribution >= 0.6 is 0 Å². The van der Waals surface area contributed by atoms with E-state index in [0.717, 1.165) is 41.9 Å². The van der Waals surface area contributed by atoms with E-state index in [1.165, 1.54) is 13.1 Å². The molecule has 1 aromatic heterocycles. The summed E-state index contributed by atoms with van der Waals surface area (Å²) < 4.78 is 5.42. The van der Waals surface area contributed by atoms with Crippen LogP contribution in [-0.2, 0) is 0 Å². The van der Waals surface area contributed by atoms with E-state index >= 15 is 0 Å². The van der Waals surface area contributed by atoms with Crippen molar-refractivity contribution in [2.24, 2.45) is 11.8 Å². The predicted octanol–water partition coefficient (Wildman–Crippen LogP) is 4.66. The normalized spacial score (nSPS) is 11.7. The molecule has 0 spiro atoms. The number of fused-ring (bicyclic) bond motifs is 1. The van der Waals surface area contributed by atoms with Gasteiger partial charge in [0.2, 0.25) is 0 Å². The molecule has 0 unspecified atom stereocenters. The largest absolute Gasteiger partial charge is 0.497 e. The molecule has 2 aromatic rings. The van der Waals surface area contributed by atoms with E-state index in [1.807, 2.05) is 24.4 Å². The van der Waals surface area contributed by atoms with Crippen LogP contribution in [0.25, 0.3) is 10.9 Å². The van der Waals surface area contributed by atoms with Gasteiger partial charge in [-0.3, -0.25) is 4.98 Å². The Labute approximate surface area is 152 Å². The number of aromatic nitrogens is 1. The Kier molecular flexibility index (Phi) is 7.51. The summed E-state index contributed by atoms with van der Waals surface area (Å²) >= 11 is 0. The number of methoxy groups -OCH3 is 1. The monoisotopic (exact) mass is 343 g/mol. The third kappa shape index (κ3) is 6.20. The minimum atomic E-state index is 0.707. The third-order valence-electron chi connectivity index (χ3n) is 4.13. The summed E-state index contributed by atoms with van der Waals surface area (Å²) in [6.45, 7) is 13.6. The Morgan fingerprint density at radius 1 is 1.12 bits per heavy atom. The molecule has 0 fully saturated rings. The molecule has 4 heteroatoms. The van der Waals surface area contributed by atoms with Crippen LogP contribution in [0.5, 0.6) is 5.75 Å². The Morgan fingerprint density at radius 3 is 2.48 bits per heavy atom. The van der Waals surface area contributed by atoms with Gasteiger partial charge in [0.05, 0.1) is 18.3 Å². The zero-order valence-corrected chi connectivity index (χ0v) is 16.4. The van der Waals surface area contributed by atoms with Gasteiger partial charge in [-0.2, -0.15) is 0 Å². The van der Waals surface area contributed by atoms with Gasteiger partial charge in [-0.25, -0.2) is 0 Å². The van der Waals surface area contributed by atoms with Crippen LogP contribution in [0, 0.1) is 11.8 Å². The molecule has 0 radical (unpaired) electrons. The summed E-state index contributed by atoms with van der Waals surface area (Å²) in [7, 11) is 1.71. The Balaban J connectivity index is 1.95. The fraction of sp³-hybridized carbons (Fsp3) is 0.571. The van der Waals surface area contributed by atoms with E-state index in [0.29, 0.717) is 11.8 Å². The van der Waals surface area contributed by atoms with E-state index in [1.54, 1.807) is 7.11 Å². The van der Waals surface area contributed by atoms with Gasteiger partial charge in [0.1, 0.15) is 5.75 Å². The van der Waals surface area contributed by atoms with Crippen LogP contribution in [0.1, 0.15) is 34.1 Å². The highest BCUT2D eigenvalue weighted by Gasteiger charge is 2.10. The minimum absolute atomic E-state index is 0.707. The summed E-state index contributed by atoms with van der Waals surface area (Å²) in [5.41, 5.74) is 2.05. The van der Waals surface area contributed by atoms with Crippen molar-refractivity contribution in [1.29, 1.82) is 0 Å². The second kappa shape index (κ2) is 9.62. The third-order valence-corrected chi connectivity index (χ3v) is 4.13. The molecule has 2 rings (SSSR count). The number of nitrogens with zero attached hydrogens (tertiary/aromatic N) is 2. The first-order valence-corrected chi connectivity index (χ1v) is 9.38. The maximum atomic E-state index is 5.42. The van der Waals surface area contributed by atoms with Crippen molar-refractivity contribution >= 4 is 16.6 Å². The van der Waals surface area contributed by atoms with E-state index in [9.17, 15) is 0 Å². The van der Waals surface area contributed by atoms with Gasteiger partial charge in [-0.05, 0) is 36.9 Å². The number of nitrogens with one attached hydrogen (secondary N) is 1. The standard InChI is InChI=1S/C21H33N3O/c1-16(2)14-24(15-17(3)4)11-7-10-22-20-13-19(25-5)12-18-8-6-9-23-21(18)20/h6,8-9,12-13,16-17,22H,7,10-11,14-15H2,1-5H3. The summed E-state index contributed by atoms with van der Waals surface area (Å²) in [5.74, 6) is 2.28. The van der Waals surface area contributed by atoms with Crippen molar-refractivity contribution in [3.63, 3.8) is 0 Å². The lowest BCUT2D eigenvalue weighted by Gasteiger charge is -2.26. The first kappa shape index (κ1) is 19.5. The van der Waals surface area contributed by atoms with Gasteiger partial charge < -0.3 is 15.0 Å².